The first kappa shape index (κ1) is 20.2. The second kappa shape index (κ2) is 9.44. The van der Waals surface area contributed by atoms with Crippen LogP contribution in [0.25, 0.3) is 0 Å². The van der Waals surface area contributed by atoms with Crippen LogP contribution in [0.5, 0.6) is 0 Å². The van der Waals surface area contributed by atoms with Crippen LogP contribution < -0.4 is 5.32 Å². The van der Waals surface area contributed by atoms with Crippen LogP contribution in [0.1, 0.15) is 27.2 Å². The van der Waals surface area contributed by atoms with E-state index in [1.54, 1.807) is 4.90 Å². The summed E-state index contributed by atoms with van der Waals surface area (Å²) < 4.78 is 45.0. The van der Waals surface area contributed by atoms with E-state index in [-0.39, 0.29) is 25.0 Å². The van der Waals surface area contributed by atoms with E-state index in [0.29, 0.717) is 39.3 Å². The number of nitrogens with one attached hydrogen (secondary N) is 1. The molecule has 0 aromatic rings. The zero-order chi connectivity index (χ0) is 17.5. The summed E-state index contributed by atoms with van der Waals surface area (Å²) in [5, 5.41) is 2.71. The number of amides is 1. The Bertz CT molecular complexity index is 364. The zero-order valence-electron chi connectivity index (χ0n) is 14.2. The molecule has 1 fully saturated rings. The highest BCUT2D eigenvalue weighted by molar-refractivity contribution is 5.78. The van der Waals surface area contributed by atoms with E-state index >= 15 is 0 Å². The summed E-state index contributed by atoms with van der Waals surface area (Å²) in [5.41, 5.74) is 0. The van der Waals surface area contributed by atoms with Crippen molar-refractivity contribution in [2.75, 3.05) is 45.9 Å². The molecule has 1 aliphatic heterocycles. The topological polar surface area (TPSA) is 44.8 Å². The van der Waals surface area contributed by atoms with Gasteiger partial charge in [-0.2, -0.15) is 13.2 Å². The molecule has 1 rings (SSSR count). The van der Waals surface area contributed by atoms with Gasteiger partial charge in [-0.15, -0.1) is 0 Å². The van der Waals surface area contributed by atoms with Gasteiger partial charge in [0.05, 0.1) is 6.54 Å². The van der Waals surface area contributed by atoms with Crippen LogP contribution in [-0.4, -0.2) is 79.9 Å². The molecule has 23 heavy (non-hydrogen) atoms. The molecule has 5 nitrogen and oxygen atoms in total. The molecule has 0 spiro atoms. The fourth-order valence-electron chi connectivity index (χ4n) is 2.68. The van der Waals surface area contributed by atoms with Gasteiger partial charge < -0.3 is 10.1 Å². The average molecular weight is 339 g/mol. The number of nitrogens with zero attached hydrogens (tertiary/aromatic N) is 2. The Labute approximate surface area is 136 Å². The molecule has 1 atom stereocenters. The summed E-state index contributed by atoms with van der Waals surface area (Å²) in [6.07, 6.45) is -3.72. The normalized spacial score (nSPS) is 20.9. The maximum atomic E-state index is 13.3. The van der Waals surface area contributed by atoms with Crippen molar-refractivity contribution in [2.45, 2.75) is 45.5 Å². The molecule has 1 aliphatic rings. The smallest absolute Gasteiger partial charge is 0.382 e. The van der Waals surface area contributed by atoms with E-state index in [9.17, 15) is 18.0 Å². The average Bonchev–Trinajstić information content (AvgIpc) is 2.42. The summed E-state index contributed by atoms with van der Waals surface area (Å²) in [6, 6.07) is -1.54. The number of piperazine rings is 1. The van der Waals surface area contributed by atoms with Crippen LogP contribution >= 0.6 is 0 Å². The highest BCUT2D eigenvalue weighted by Crippen LogP contribution is 2.28. The number of ether oxygens (including phenoxy) is 1. The molecule has 0 unspecified atom stereocenters. The minimum atomic E-state index is -4.29. The van der Waals surface area contributed by atoms with Gasteiger partial charge in [0.1, 0.15) is 6.04 Å². The van der Waals surface area contributed by atoms with Crippen molar-refractivity contribution in [1.29, 1.82) is 0 Å². The standard InChI is InChI=1S/C15H28F3N3O2/c1-4-23-9-5-6-21-8-7-20(10-13(21)15(16,17)18)11-14(22)19-12(2)3/h12-13H,4-11H2,1-3H3,(H,19,22)/t13-/m1/s1. The lowest BCUT2D eigenvalue weighted by atomic mass is 10.1. The van der Waals surface area contributed by atoms with Gasteiger partial charge >= 0.3 is 6.18 Å². The van der Waals surface area contributed by atoms with Crippen LogP contribution in [-0.2, 0) is 9.53 Å². The molecule has 0 radical (unpaired) electrons. The van der Waals surface area contributed by atoms with E-state index in [0.717, 1.165) is 0 Å². The third-order valence-electron chi connectivity index (χ3n) is 3.71. The van der Waals surface area contributed by atoms with Crippen LogP contribution in [0, 0.1) is 0 Å². The Hall–Kier alpha value is -0.860. The largest absolute Gasteiger partial charge is 0.405 e. The van der Waals surface area contributed by atoms with Gasteiger partial charge in [-0.05, 0) is 27.2 Å². The lowest BCUT2D eigenvalue weighted by Crippen LogP contribution is -2.60. The molecule has 0 saturated carbocycles. The second-order valence-corrected chi connectivity index (χ2v) is 6.10. The molecule has 1 amide bonds. The molecule has 0 aromatic carbocycles. The summed E-state index contributed by atoms with van der Waals surface area (Å²) in [6.45, 7) is 7.54. The van der Waals surface area contributed by atoms with E-state index in [4.69, 9.17) is 4.74 Å². The third kappa shape index (κ3) is 7.50. The molecular weight excluding hydrogens is 311 g/mol. The first-order valence-electron chi connectivity index (χ1n) is 8.14. The van der Waals surface area contributed by atoms with Crippen molar-refractivity contribution in [1.82, 2.24) is 15.1 Å². The first-order valence-corrected chi connectivity index (χ1v) is 8.14. The third-order valence-corrected chi connectivity index (χ3v) is 3.71. The van der Waals surface area contributed by atoms with Gasteiger partial charge in [0.15, 0.2) is 0 Å². The summed E-state index contributed by atoms with van der Waals surface area (Å²) in [4.78, 5) is 14.8. The molecule has 0 bridgehead atoms. The van der Waals surface area contributed by atoms with Crippen molar-refractivity contribution < 1.29 is 22.7 Å². The molecular formula is C15H28F3N3O2. The number of carbonyl (C=O) groups is 1. The van der Waals surface area contributed by atoms with Crippen molar-refractivity contribution >= 4 is 5.91 Å². The van der Waals surface area contributed by atoms with Crippen LogP contribution in [0.3, 0.4) is 0 Å². The second-order valence-electron chi connectivity index (χ2n) is 6.10. The van der Waals surface area contributed by atoms with Crippen molar-refractivity contribution in [2.24, 2.45) is 0 Å². The Kier molecular flexibility index (Phi) is 8.28. The first-order chi connectivity index (χ1) is 10.7. The van der Waals surface area contributed by atoms with Crippen molar-refractivity contribution in [3.63, 3.8) is 0 Å². The van der Waals surface area contributed by atoms with Crippen LogP contribution in [0.2, 0.25) is 0 Å². The Balaban J connectivity index is 2.54. The highest BCUT2D eigenvalue weighted by atomic mass is 19.4. The summed E-state index contributed by atoms with van der Waals surface area (Å²) >= 11 is 0. The molecule has 0 aromatic heterocycles. The molecule has 136 valence electrons. The lowest BCUT2D eigenvalue weighted by molar-refractivity contribution is -0.197. The van der Waals surface area contributed by atoms with Crippen molar-refractivity contribution in [3.8, 4) is 0 Å². The van der Waals surface area contributed by atoms with Gasteiger partial charge in [-0.25, -0.2) is 0 Å². The number of hydrogen-bond acceptors (Lipinski definition) is 4. The Morgan fingerprint density at radius 3 is 2.61 bits per heavy atom. The van der Waals surface area contributed by atoms with Crippen LogP contribution in [0.15, 0.2) is 0 Å². The Morgan fingerprint density at radius 2 is 2.04 bits per heavy atom. The van der Waals surface area contributed by atoms with E-state index in [1.807, 2.05) is 20.8 Å². The predicted octanol–water partition coefficient (Wildman–Crippen LogP) is 1.49. The fraction of sp³-hybridized carbons (Fsp3) is 0.933. The van der Waals surface area contributed by atoms with Gasteiger partial charge in [0.25, 0.3) is 0 Å². The molecule has 8 heteroatoms. The Morgan fingerprint density at radius 1 is 1.35 bits per heavy atom. The van der Waals surface area contributed by atoms with Gasteiger partial charge in [-0.3, -0.25) is 14.6 Å². The van der Waals surface area contributed by atoms with Crippen LogP contribution in [0.4, 0.5) is 13.2 Å². The predicted molar refractivity (Wildman–Crippen MR) is 82.2 cm³/mol. The molecule has 1 heterocycles. The van der Waals surface area contributed by atoms with E-state index in [2.05, 4.69) is 5.32 Å². The minimum absolute atomic E-state index is 0.0115. The highest BCUT2D eigenvalue weighted by Gasteiger charge is 2.46. The van der Waals surface area contributed by atoms with E-state index < -0.39 is 12.2 Å². The number of rotatable bonds is 8. The molecule has 1 N–H and O–H groups in total. The lowest BCUT2D eigenvalue weighted by Gasteiger charge is -2.41. The maximum Gasteiger partial charge on any atom is 0.405 e. The van der Waals surface area contributed by atoms with E-state index in [1.165, 1.54) is 4.90 Å². The number of carbonyl (C=O) groups excluding carboxylic acids is 1. The fourth-order valence-corrected chi connectivity index (χ4v) is 2.68. The number of hydrogen-bond donors (Lipinski definition) is 1. The number of alkyl halides is 3. The molecule has 0 aliphatic carbocycles. The quantitative estimate of drug-likeness (QED) is 0.681. The summed E-state index contributed by atoms with van der Waals surface area (Å²) in [7, 11) is 0. The van der Waals surface area contributed by atoms with Gasteiger partial charge in [0.2, 0.25) is 5.91 Å². The monoisotopic (exact) mass is 339 g/mol. The van der Waals surface area contributed by atoms with Crippen molar-refractivity contribution in [3.05, 3.63) is 0 Å². The molecule has 1 saturated heterocycles. The van der Waals surface area contributed by atoms with Gasteiger partial charge in [0, 0.05) is 45.4 Å². The number of halogens is 3. The zero-order valence-corrected chi connectivity index (χ0v) is 14.2. The summed E-state index contributed by atoms with van der Waals surface area (Å²) in [5.74, 6) is -0.231. The minimum Gasteiger partial charge on any atom is -0.382 e. The SMILES string of the molecule is CCOCCCN1CCN(CC(=O)NC(C)C)C[C@@H]1C(F)(F)F. The maximum absolute atomic E-state index is 13.3. The van der Waals surface area contributed by atoms with Gasteiger partial charge in [-0.1, -0.05) is 0 Å².